The van der Waals surface area contributed by atoms with Crippen molar-refractivity contribution in [2.75, 3.05) is 26.2 Å². The monoisotopic (exact) mass is 476 g/mol. The molecule has 0 radical (unpaired) electrons. The average molecular weight is 477 g/mol. The van der Waals surface area contributed by atoms with Gasteiger partial charge in [0.1, 0.15) is 12.4 Å². The molecule has 2 heterocycles. The third kappa shape index (κ3) is 6.04. The molecule has 2 aromatic rings. The fourth-order valence-corrected chi connectivity index (χ4v) is 4.99. The maximum absolute atomic E-state index is 13.5. The van der Waals surface area contributed by atoms with Gasteiger partial charge in [0.25, 0.3) is 0 Å². The number of nitrogens with zero attached hydrogens (tertiary/aromatic N) is 2. The first kappa shape index (κ1) is 24.6. The van der Waals surface area contributed by atoms with Gasteiger partial charge in [0.05, 0.1) is 12.6 Å². The van der Waals surface area contributed by atoms with E-state index in [9.17, 15) is 9.59 Å². The lowest BCUT2D eigenvalue weighted by Gasteiger charge is -2.37. The van der Waals surface area contributed by atoms with Crippen LogP contribution in [0.5, 0.6) is 5.75 Å². The molecule has 7 heteroatoms. The van der Waals surface area contributed by atoms with Crippen LogP contribution >= 0.6 is 22.9 Å². The Morgan fingerprint density at radius 2 is 1.94 bits per heavy atom. The summed E-state index contributed by atoms with van der Waals surface area (Å²) in [5.41, 5.74) is 1.15. The summed E-state index contributed by atoms with van der Waals surface area (Å²) in [5, 5.41) is 2.73. The van der Waals surface area contributed by atoms with Gasteiger partial charge in [-0.1, -0.05) is 45.7 Å². The van der Waals surface area contributed by atoms with E-state index in [0.29, 0.717) is 30.6 Å². The van der Waals surface area contributed by atoms with Crippen LogP contribution < -0.4 is 4.74 Å². The quantitative estimate of drug-likeness (QED) is 0.484. The molecule has 1 aromatic heterocycles. The summed E-state index contributed by atoms with van der Waals surface area (Å²) in [6.07, 6.45) is 1.80. The molecule has 5 nitrogen and oxygen atoms in total. The topological polar surface area (TPSA) is 49.9 Å². The minimum Gasteiger partial charge on any atom is -0.491 e. The minimum atomic E-state index is -0.173. The van der Waals surface area contributed by atoms with Gasteiger partial charge >= 0.3 is 0 Å². The van der Waals surface area contributed by atoms with Crippen LogP contribution in [-0.2, 0) is 16.0 Å². The number of hydrogen-bond acceptors (Lipinski definition) is 4. The standard InChI is InChI=1S/C25H33ClN2O3S/c1-5-18(4)14-27(25(30)17(2)3)15-24(29)28-12-10-23-21(11-13-32-23)22(28)16-31-20-8-6-19(26)7-9-20/h6-9,11,13,17-18,22H,5,10,12,14-16H2,1-4H3/t18-,22-/m0/s1. The summed E-state index contributed by atoms with van der Waals surface area (Å²) in [6.45, 7) is 9.70. The molecule has 0 saturated carbocycles. The van der Waals surface area contributed by atoms with Crippen molar-refractivity contribution < 1.29 is 14.3 Å². The number of carbonyl (C=O) groups is 2. The second-order valence-corrected chi connectivity index (χ2v) is 10.2. The Labute approximate surface area is 200 Å². The van der Waals surface area contributed by atoms with Crippen LogP contribution in [-0.4, -0.2) is 47.9 Å². The third-order valence-corrected chi connectivity index (χ3v) is 7.25. The summed E-state index contributed by atoms with van der Waals surface area (Å²) in [4.78, 5) is 31.2. The molecular formula is C25H33ClN2O3S. The summed E-state index contributed by atoms with van der Waals surface area (Å²) in [7, 11) is 0. The molecular weight excluding hydrogens is 444 g/mol. The highest BCUT2D eigenvalue weighted by Crippen LogP contribution is 2.34. The van der Waals surface area contributed by atoms with Crippen molar-refractivity contribution in [3.8, 4) is 5.75 Å². The highest BCUT2D eigenvalue weighted by molar-refractivity contribution is 7.10. The predicted molar refractivity (Wildman–Crippen MR) is 130 cm³/mol. The van der Waals surface area contributed by atoms with Crippen molar-refractivity contribution >= 4 is 34.8 Å². The van der Waals surface area contributed by atoms with Gasteiger partial charge in [0.2, 0.25) is 11.8 Å². The van der Waals surface area contributed by atoms with Crippen LogP contribution in [0.3, 0.4) is 0 Å². The third-order valence-electron chi connectivity index (χ3n) is 6.00. The number of halogens is 1. The second-order valence-electron chi connectivity index (χ2n) is 8.80. The first-order valence-corrected chi connectivity index (χ1v) is 12.6. The molecule has 0 bridgehead atoms. The molecule has 0 N–H and O–H groups in total. The molecule has 3 rings (SSSR count). The van der Waals surface area contributed by atoms with Gasteiger partial charge < -0.3 is 14.5 Å². The number of thiophene rings is 1. The van der Waals surface area contributed by atoms with Crippen molar-refractivity contribution in [2.45, 2.75) is 46.6 Å². The van der Waals surface area contributed by atoms with Gasteiger partial charge in [-0.3, -0.25) is 9.59 Å². The van der Waals surface area contributed by atoms with Crippen molar-refractivity contribution in [1.82, 2.24) is 9.80 Å². The lowest BCUT2D eigenvalue weighted by Crippen LogP contribution is -2.49. The summed E-state index contributed by atoms with van der Waals surface area (Å²) >= 11 is 7.71. The minimum absolute atomic E-state index is 0.0242. The maximum Gasteiger partial charge on any atom is 0.242 e. The highest BCUT2D eigenvalue weighted by Gasteiger charge is 2.34. The lowest BCUT2D eigenvalue weighted by atomic mass is 10.00. The fourth-order valence-electron chi connectivity index (χ4n) is 3.94. The fraction of sp³-hybridized carbons (Fsp3) is 0.520. The molecule has 0 aliphatic carbocycles. The van der Waals surface area contributed by atoms with E-state index >= 15 is 0 Å². The Hall–Kier alpha value is -2.05. The SMILES string of the molecule is CC[C@H](C)CN(CC(=O)N1CCc2sccc2[C@@H]1COc1ccc(Cl)cc1)C(=O)C(C)C. The van der Waals surface area contributed by atoms with E-state index in [0.717, 1.165) is 24.2 Å². The van der Waals surface area contributed by atoms with Crippen LogP contribution in [0.2, 0.25) is 5.02 Å². The van der Waals surface area contributed by atoms with Crippen molar-refractivity contribution in [3.63, 3.8) is 0 Å². The zero-order valence-electron chi connectivity index (χ0n) is 19.3. The van der Waals surface area contributed by atoms with Crippen LogP contribution in [0.15, 0.2) is 35.7 Å². The van der Waals surface area contributed by atoms with Gasteiger partial charge in [-0.2, -0.15) is 0 Å². The maximum atomic E-state index is 13.5. The molecule has 2 amide bonds. The largest absolute Gasteiger partial charge is 0.491 e. The number of benzene rings is 1. The molecule has 0 fully saturated rings. The summed E-state index contributed by atoms with van der Waals surface area (Å²) < 4.78 is 6.05. The Balaban J connectivity index is 1.77. The molecule has 2 atom stereocenters. The molecule has 1 aliphatic rings. The summed E-state index contributed by atoms with van der Waals surface area (Å²) in [6, 6.07) is 9.17. The molecule has 32 heavy (non-hydrogen) atoms. The van der Waals surface area contributed by atoms with Gasteiger partial charge in [0, 0.05) is 28.9 Å². The van der Waals surface area contributed by atoms with E-state index in [1.54, 1.807) is 28.4 Å². The van der Waals surface area contributed by atoms with Crippen molar-refractivity contribution in [1.29, 1.82) is 0 Å². The van der Waals surface area contributed by atoms with E-state index < -0.39 is 0 Å². The van der Waals surface area contributed by atoms with Gasteiger partial charge in [-0.15, -0.1) is 11.3 Å². The van der Waals surface area contributed by atoms with E-state index in [1.807, 2.05) is 30.9 Å². The lowest BCUT2D eigenvalue weighted by molar-refractivity contribution is -0.144. The second kappa shape index (κ2) is 11.2. The molecule has 174 valence electrons. The van der Waals surface area contributed by atoms with Crippen LogP contribution in [0.25, 0.3) is 0 Å². The Bertz CT molecular complexity index is 912. The van der Waals surface area contributed by atoms with Gasteiger partial charge in [-0.05, 0) is 53.6 Å². The first-order chi connectivity index (χ1) is 15.3. The van der Waals surface area contributed by atoms with Gasteiger partial charge in [0.15, 0.2) is 0 Å². The zero-order chi connectivity index (χ0) is 23.3. The van der Waals surface area contributed by atoms with E-state index in [4.69, 9.17) is 16.3 Å². The molecule has 1 aliphatic heterocycles. The number of fused-ring (bicyclic) bond motifs is 1. The number of amides is 2. The number of rotatable bonds is 9. The van der Waals surface area contributed by atoms with E-state index in [2.05, 4.69) is 25.3 Å². The Morgan fingerprint density at radius 3 is 2.59 bits per heavy atom. The van der Waals surface area contributed by atoms with Gasteiger partial charge in [-0.25, -0.2) is 0 Å². The average Bonchev–Trinajstić information content (AvgIpc) is 3.26. The van der Waals surface area contributed by atoms with Crippen molar-refractivity contribution in [3.05, 3.63) is 51.2 Å². The smallest absolute Gasteiger partial charge is 0.242 e. The summed E-state index contributed by atoms with van der Waals surface area (Å²) in [5.74, 6) is 0.933. The molecule has 1 aromatic carbocycles. The number of hydrogen-bond donors (Lipinski definition) is 0. The predicted octanol–water partition coefficient (Wildman–Crippen LogP) is 5.44. The van der Waals surface area contributed by atoms with Crippen LogP contribution in [0.1, 0.15) is 50.6 Å². The van der Waals surface area contributed by atoms with E-state index in [1.165, 1.54) is 4.88 Å². The van der Waals surface area contributed by atoms with Crippen LogP contribution in [0.4, 0.5) is 0 Å². The molecule has 0 unspecified atom stereocenters. The Kier molecular flexibility index (Phi) is 8.60. The normalized spacial score (nSPS) is 16.6. The first-order valence-electron chi connectivity index (χ1n) is 11.3. The highest BCUT2D eigenvalue weighted by atomic mass is 35.5. The molecule has 0 spiro atoms. The molecule has 0 saturated heterocycles. The van der Waals surface area contributed by atoms with E-state index in [-0.39, 0.29) is 30.3 Å². The number of ether oxygens (including phenoxy) is 1. The van der Waals surface area contributed by atoms with Crippen molar-refractivity contribution in [2.24, 2.45) is 11.8 Å². The Morgan fingerprint density at radius 1 is 1.22 bits per heavy atom. The van der Waals surface area contributed by atoms with Crippen LogP contribution in [0, 0.1) is 11.8 Å². The number of carbonyl (C=O) groups excluding carboxylic acids is 2. The zero-order valence-corrected chi connectivity index (χ0v) is 20.9.